The van der Waals surface area contributed by atoms with Gasteiger partial charge in [-0.1, -0.05) is 6.07 Å². The van der Waals surface area contributed by atoms with Crippen LogP contribution in [0.5, 0.6) is 5.75 Å². The number of benzene rings is 1. The summed E-state index contributed by atoms with van der Waals surface area (Å²) in [7, 11) is 1.67. The minimum Gasteiger partial charge on any atom is -0.494 e. The summed E-state index contributed by atoms with van der Waals surface area (Å²) in [6.45, 7) is 5.18. The van der Waals surface area contributed by atoms with Crippen LogP contribution in [0.4, 0.5) is 0 Å². The van der Waals surface area contributed by atoms with E-state index in [-0.39, 0.29) is 6.10 Å². The van der Waals surface area contributed by atoms with Crippen molar-refractivity contribution >= 4 is 0 Å². The predicted molar refractivity (Wildman–Crippen MR) is 61.2 cm³/mol. The summed E-state index contributed by atoms with van der Waals surface area (Å²) in [4.78, 5) is 0. The van der Waals surface area contributed by atoms with E-state index >= 15 is 0 Å². The lowest BCUT2D eigenvalue weighted by atomic mass is 10.1. The quantitative estimate of drug-likeness (QED) is 0.807. The fourth-order valence-corrected chi connectivity index (χ4v) is 1.56. The van der Waals surface area contributed by atoms with Gasteiger partial charge in [0.25, 0.3) is 0 Å². The summed E-state index contributed by atoms with van der Waals surface area (Å²) < 4.78 is 10.7. The van der Waals surface area contributed by atoms with Gasteiger partial charge in [-0.3, -0.25) is 0 Å². The highest BCUT2D eigenvalue weighted by atomic mass is 16.5. The number of ether oxygens (including phenoxy) is 2. The Bertz CT molecular complexity index is 308. The first-order valence-electron chi connectivity index (χ1n) is 5.19. The van der Waals surface area contributed by atoms with Crippen molar-refractivity contribution in [1.29, 1.82) is 0 Å². The minimum atomic E-state index is -0.0284. The van der Waals surface area contributed by atoms with Crippen LogP contribution in [0.25, 0.3) is 0 Å². The molecule has 1 aromatic carbocycles. The molecule has 0 aliphatic carbocycles. The smallest absolute Gasteiger partial charge is 0.122 e. The second kappa shape index (κ2) is 5.73. The molecule has 1 aromatic rings. The van der Waals surface area contributed by atoms with Crippen molar-refractivity contribution in [2.24, 2.45) is 5.73 Å². The van der Waals surface area contributed by atoms with E-state index < -0.39 is 0 Å². The third-order valence-corrected chi connectivity index (χ3v) is 2.37. The largest absolute Gasteiger partial charge is 0.494 e. The molecular weight excluding hydrogens is 190 g/mol. The van der Waals surface area contributed by atoms with Gasteiger partial charge in [-0.25, -0.2) is 0 Å². The molecule has 0 aliphatic heterocycles. The number of rotatable bonds is 5. The van der Waals surface area contributed by atoms with E-state index in [1.54, 1.807) is 7.11 Å². The van der Waals surface area contributed by atoms with Crippen molar-refractivity contribution in [3.8, 4) is 5.75 Å². The molecule has 0 fully saturated rings. The third-order valence-electron chi connectivity index (χ3n) is 2.37. The summed E-state index contributed by atoms with van der Waals surface area (Å²) in [6, 6.07) is 6.03. The van der Waals surface area contributed by atoms with Gasteiger partial charge >= 0.3 is 0 Å². The van der Waals surface area contributed by atoms with E-state index in [0.29, 0.717) is 13.2 Å². The molecule has 3 nitrogen and oxygen atoms in total. The lowest BCUT2D eigenvalue weighted by Gasteiger charge is -2.15. The van der Waals surface area contributed by atoms with Crippen LogP contribution in [0, 0.1) is 6.92 Å². The lowest BCUT2D eigenvalue weighted by molar-refractivity contribution is 0.110. The molecule has 84 valence electrons. The Kier molecular flexibility index (Phi) is 4.59. The zero-order valence-electron chi connectivity index (χ0n) is 9.62. The van der Waals surface area contributed by atoms with E-state index in [1.165, 1.54) is 0 Å². The van der Waals surface area contributed by atoms with Crippen LogP contribution < -0.4 is 10.5 Å². The maximum Gasteiger partial charge on any atom is 0.122 e. The molecule has 0 amide bonds. The summed E-state index contributed by atoms with van der Waals surface area (Å²) in [5, 5.41) is 0. The zero-order valence-corrected chi connectivity index (χ0v) is 9.62. The Morgan fingerprint density at radius 2 is 2.13 bits per heavy atom. The van der Waals surface area contributed by atoms with Crippen LogP contribution in [0.1, 0.15) is 24.2 Å². The second-order valence-electron chi connectivity index (χ2n) is 3.42. The average molecular weight is 209 g/mol. The molecule has 1 atom stereocenters. The summed E-state index contributed by atoms with van der Waals surface area (Å²) in [5.74, 6) is 0.924. The van der Waals surface area contributed by atoms with Crippen molar-refractivity contribution in [3.05, 3.63) is 29.3 Å². The van der Waals surface area contributed by atoms with Crippen LogP contribution >= 0.6 is 0 Å². The molecular formula is C12H19NO2. The SMILES string of the molecule is CCOc1ccc(C(CN)OC)cc1C. The summed E-state index contributed by atoms with van der Waals surface area (Å²) >= 11 is 0. The molecule has 1 rings (SSSR count). The van der Waals surface area contributed by atoms with Crippen LogP contribution in [0.3, 0.4) is 0 Å². The molecule has 0 aromatic heterocycles. The number of aryl methyl sites for hydroxylation is 1. The molecule has 1 unspecified atom stereocenters. The van der Waals surface area contributed by atoms with Crippen molar-refractivity contribution in [2.75, 3.05) is 20.3 Å². The number of hydrogen-bond donors (Lipinski definition) is 1. The van der Waals surface area contributed by atoms with E-state index in [4.69, 9.17) is 15.2 Å². The number of nitrogens with two attached hydrogens (primary N) is 1. The van der Waals surface area contributed by atoms with Gasteiger partial charge in [-0.2, -0.15) is 0 Å². The molecule has 0 saturated heterocycles. The van der Waals surface area contributed by atoms with E-state index in [1.807, 2.05) is 26.0 Å². The standard InChI is InChI=1S/C12H19NO2/c1-4-15-11-6-5-10(7-9(11)2)12(8-13)14-3/h5-7,12H,4,8,13H2,1-3H3. The van der Waals surface area contributed by atoms with Gasteiger partial charge in [0.2, 0.25) is 0 Å². The minimum absolute atomic E-state index is 0.0284. The number of hydrogen-bond acceptors (Lipinski definition) is 3. The molecule has 0 heterocycles. The Hall–Kier alpha value is -1.06. The second-order valence-corrected chi connectivity index (χ2v) is 3.42. The average Bonchev–Trinajstić information content (AvgIpc) is 2.24. The topological polar surface area (TPSA) is 44.5 Å². The number of methoxy groups -OCH3 is 1. The monoisotopic (exact) mass is 209 g/mol. The maximum absolute atomic E-state index is 5.61. The molecule has 2 N–H and O–H groups in total. The van der Waals surface area contributed by atoms with Gasteiger partial charge < -0.3 is 15.2 Å². The van der Waals surface area contributed by atoms with Gasteiger partial charge in [0.15, 0.2) is 0 Å². The molecule has 3 heteroatoms. The Morgan fingerprint density at radius 1 is 1.40 bits per heavy atom. The molecule has 0 bridgehead atoms. The highest BCUT2D eigenvalue weighted by Crippen LogP contribution is 2.23. The van der Waals surface area contributed by atoms with E-state index in [2.05, 4.69) is 6.07 Å². The summed E-state index contributed by atoms with van der Waals surface area (Å²) in [6.07, 6.45) is -0.0284. The molecule has 0 spiro atoms. The molecule has 15 heavy (non-hydrogen) atoms. The molecule has 0 saturated carbocycles. The fourth-order valence-electron chi connectivity index (χ4n) is 1.56. The Morgan fingerprint density at radius 3 is 2.60 bits per heavy atom. The first-order chi connectivity index (χ1) is 7.22. The van der Waals surface area contributed by atoms with Gasteiger partial charge in [0.05, 0.1) is 12.7 Å². The Labute approximate surface area is 91.2 Å². The fraction of sp³-hybridized carbons (Fsp3) is 0.500. The Balaban J connectivity index is 2.89. The normalized spacial score (nSPS) is 12.5. The molecule has 0 radical (unpaired) electrons. The van der Waals surface area contributed by atoms with E-state index in [9.17, 15) is 0 Å². The van der Waals surface area contributed by atoms with Crippen molar-refractivity contribution < 1.29 is 9.47 Å². The van der Waals surface area contributed by atoms with Gasteiger partial charge in [-0.05, 0) is 37.1 Å². The van der Waals surface area contributed by atoms with Crippen molar-refractivity contribution in [3.63, 3.8) is 0 Å². The lowest BCUT2D eigenvalue weighted by Crippen LogP contribution is -2.14. The van der Waals surface area contributed by atoms with Gasteiger partial charge in [0, 0.05) is 13.7 Å². The van der Waals surface area contributed by atoms with Crippen LogP contribution in [0.2, 0.25) is 0 Å². The van der Waals surface area contributed by atoms with Crippen LogP contribution in [-0.2, 0) is 4.74 Å². The first kappa shape index (κ1) is 12.0. The maximum atomic E-state index is 5.61. The van der Waals surface area contributed by atoms with Crippen molar-refractivity contribution in [1.82, 2.24) is 0 Å². The summed E-state index contributed by atoms with van der Waals surface area (Å²) in [5.41, 5.74) is 7.82. The van der Waals surface area contributed by atoms with Crippen LogP contribution in [-0.4, -0.2) is 20.3 Å². The first-order valence-corrected chi connectivity index (χ1v) is 5.19. The highest BCUT2D eigenvalue weighted by Gasteiger charge is 2.09. The predicted octanol–water partition coefficient (Wildman–Crippen LogP) is 2.04. The van der Waals surface area contributed by atoms with Crippen molar-refractivity contribution in [2.45, 2.75) is 20.0 Å². The third kappa shape index (κ3) is 2.94. The van der Waals surface area contributed by atoms with Gasteiger partial charge in [-0.15, -0.1) is 0 Å². The highest BCUT2D eigenvalue weighted by molar-refractivity contribution is 5.37. The van der Waals surface area contributed by atoms with Gasteiger partial charge in [0.1, 0.15) is 5.75 Å². The zero-order chi connectivity index (χ0) is 11.3. The molecule has 0 aliphatic rings. The van der Waals surface area contributed by atoms with Crippen LogP contribution in [0.15, 0.2) is 18.2 Å². The van der Waals surface area contributed by atoms with E-state index in [0.717, 1.165) is 16.9 Å².